The third kappa shape index (κ3) is 3.07. The molecule has 0 radical (unpaired) electrons. The van der Waals surface area contributed by atoms with Gasteiger partial charge in [0.2, 0.25) is 0 Å². The Bertz CT molecular complexity index is 365. The molecule has 0 aromatic carbocycles. The van der Waals surface area contributed by atoms with Crippen LogP contribution in [0.25, 0.3) is 0 Å². The van der Waals surface area contributed by atoms with Crippen molar-refractivity contribution in [2.45, 2.75) is 38.4 Å². The molecule has 1 aromatic heterocycles. The van der Waals surface area contributed by atoms with Gasteiger partial charge in [0.25, 0.3) is 0 Å². The zero-order valence-corrected chi connectivity index (χ0v) is 11.3. The lowest BCUT2D eigenvalue weighted by Crippen LogP contribution is -2.62. The number of piperazine rings is 1. The molecule has 0 aliphatic carbocycles. The molecule has 4 nitrogen and oxygen atoms in total. The number of rotatable bonds is 4. The van der Waals surface area contributed by atoms with Crippen LogP contribution in [0.2, 0.25) is 0 Å². The highest BCUT2D eigenvalue weighted by molar-refractivity contribution is 5.06. The molecule has 18 heavy (non-hydrogen) atoms. The van der Waals surface area contributed by atoms with Gasteiger partial charge in [-0.2, -0.15) is 0 Å². The van der Waals surface area contributed by atoms with E-state index < -0.39 is 0 Å². The fourth-order valence-corrected chi connectivity index (χ4v) is 2.67. The van der Waals surface area contributed by atoms with Gasteiger partial charge >= 0.3 is 0 Å². The van der Waals surface area contributed by atoms with Crippen molar-refractivity contribution < 1.29 is 5.11 Å². The third-order valence-corrected chi connectivity index (χ3v) is 3.68. The van der Waals surface area contributed by atoms with E-state index in [1.165, 1.54) is 0 Å². The quantitative estimate of drug-likeness (QED) is 0.836. The summed E-state index contributed by atoms with van der Waals surface area (Å²) in [4.78, 5) is 6.87. The van der Waals surface area contributed by atoms with E-state index >= 15 is 0 Å². The van der Waals surface area contributed by atoms with E-state index in [9.17, 15) is 5.11 Å². The highest BCUT2D eigenvalue weighted by Gasteiger charge is 2.35. The maximum Gasteiger partial charge on any atom is 0.0544 e. The summed E-state index contributed by atoms with van der Waals surface area (Å²) in [7, 11) is 0. The van der Waals surface area contributed by atoms with Gasteiger partial charge < -0.3 is 10.4 Å². The Morgan fingerprint density at radius 2 is 2.33 bits per heavy atom. The molecule has 1 fully saturated rings. The number of aromatic nitrogens is 1. The number of aliphatic hydroxyl groups excluding tert-OH is 1. The van der Waals surface area contributed by atoms with Gasteiger partial charge in [0, 0.05) is 44.0 Å². The molecule has 1 aliphatic rings. The predicted octanol–water partition coefficient (Wildman–Crippen LogP) is 1.02. The molecule has 0 saturated carbocycles. The van der Waals surface area contributed by atoms with Crippen molar-refractivity contribution in [2.75, 3.05) is 19.7 Å². The van der Waals surface area contributed by atoms with E-state index in [0.717, 1.165) is 31.7 Å². The monoisotopic (exact) mass is 249 g/mol. The minimum absolute atomic E-state index is 0.0929. The second-order valence-electron chi connectivity index (χ2n) is 5.56. The maximum absolute atomic E-state index is 9.20. The molecular formula is C14H23N3O. The molecule has 4 heteroatoms. The summed E-state index contributed by atoms with van der Waals surface area (Å²) in [6, 6.07) is 6.41. The van der Waals surface area contributed by atoms with Gasteiger partial charge in [-0.15, -0.1) is 0 Å². The average Bonchev–Trinajstić information content (AvgIpc) is 2.35. The van der Waals surface area contributed by atoms with Crippen molar-refractivity contribution in [2.24, 2.45) is 0 Å². The fraction of sp³-hybridized carbons (Fsp3) is 0.643. The summed E-state index contributed by atoms with van der Waals surface area (Å²) < 4.78 is 0. The molecular weight excluding hydrogens is 226 g/mol. The fourth-order valence-electron chi connectivity index (χ4n) is 2.67. The van der Waals surface area contributed by atoms with Gasteiger partial charge in [-0.1, -0.05) is 6.07 Å². The standard InChI is InChI=1S/C14H23N3O/c1-14(2)11-15-9-13(6-8-18)17(14)10-12-5-3-4-7-16-12/h3-5,7,13,15,18H,6,8-11H2,1-2H3. The number of nitrogens with one attached hydrogen (secondary N) is 1. The molecule has 2 rings (SSSR count). The molecule has 2 heterocycles. The van der Waals surface area contributed by atoms with Crippen molar-refractivity contribution in [1.29, 1.82) is 0 Å². The van der Waals surface area contributed by atoms with Gasteiger partial charge in [0.05, 0.1) is 5.69 Å². The first-order valence-corrected chi connectivity index (χ1v) is 6.62. The molecule has 1 aliphatic heterocycles. The minimum Gasteiger partial charge on any atom is -0.396 e. The van der Waals surface area contributed by atoms with Gasteiger partial charge in [-0.3, -0.25) is 9.88 Å². The maximum atomic E-state index is 9.20. The van der Waals surface area contributed by atoms with E-state index in [0.29, 0.717) is 6.04 Å². The Balaban J connectivity index is 2.13. The van der Waals surface area contributed by atoms with Crippen molar-refractivity contribution in [3.8, 4) is 0 Å². The van der Waals surface area contributed by atoms with E-state index in [-0.39, 0.29) is 12.1 Å². The van der Waals surface area contributed by atoms with Gasteiger partial charge in [-0.05, 0) is 32.4 Å². The summed E-state index contributed by atoms with van der Waals surface area (Å²) in [5, 5.41) is 12.7. The lowest BCUT2D eigenvalue weighted by atomic mass is 9.94. The van der Waals surface area contributed by atoms with Crippen LogP contribution < -0.4 is 5.32 Å². The zero-order valence-electron chi connectivity index (χ0n) is 11.3. The van der Waals surface area contributed by atoms with Crippen LogP contribution in [0.4, 0.5) is 0 Å². The third-order valence-electron chi connectivity index (χ3n) is 3.68. The smallest absolute Gasteiger partial charge is 0.0544 e. The molecule has 1 atom stereocenters. The van der Waals surface area contributed by atoms with Crippen LogP contribution in [0, 0.1) is 0 Å². The van der Waals surface area contributed by atoms with Crippen LogP contribution in [0.15, 0.2) is 24.4 Å². The molecule has 0 amide bonds. The Labute approximate surface area is 109 Å². The topological polar surface area (TPSA) is 48.4 Å². The Hall–Kier alpha value is -0.970. The SMILES string of the molecule is CC1(C)CNCC(CCO)N1Cc1ccccn1. The van der Waals surface area contributed by atoms with Crippen LogP contribution in [0.5, 0.6) is 0 Å². The van der Waals surface area contributed by atoms with Crippen LogP contribution in [-0.4, -0.2) is 46.3 Å². The molecule has 0 spiro atoms. The number of nitrogens with zero attached hydrogens (tertiary/aromatic N) is 2. The van der Waals surface area contributed by atoms with Crippen LogP contribution in [0.1, 0.15) is 26.0 Å². The summed E-state index contributed by atoms with van der Waals surface area (Å²) in [6.45, 7) is 7.48. The van der Waals surface area contributed by atoms with Gasteiger partial charge in [0.1, 0.15) is 0 Å². The highest BCUT2D eigenvalue weighted by Crippen LogP contribution is 2.24. The van der Waals surface area contributed by atoms with Crippen LogP contribution >= 0.6 is 0 Å². The van der Waals surface area contributed by atoms with E-state index in [4.69, 9.17) is 0 Å². The van der Waals surface area contributed by atoms with Crippen LogP contribution in [-0.2, 0) is 6.54 Å². The largest absolute Gasteiger partial charge is 0.396 e. The van der Waals surface area contributed by atoms with Crippen LogP contribution in [0.3, 0.4) is 0 Å². The highest BCUT2D eigenvalue weighted by atomic mass is 16.3. The Morgan fingerprint density at radius 1 is 1.50 bits per heavy atom. The average molecular weight is 249 g/mol. The molecule has 1 saturated heterocycles. The normalized spacial score (nSPS) is 24.1. The lowest BCUT2D eigenvalue weighted by molar-refractivity contribution is 0.0171. The van der Waals surface area contributed by atoms with E-state index in [1.807, 2.05) is 18.3 Å². The van der Waals surface area contributed by atoms with Gasteiger partial charge in [0.15, 0.2) is 0 Å². The van der Waals surface area contributed by atoms with Crippen molar-refractivity contribution in [3.63, 3.8) is 0 Å². The summed E-state index contributed by atoms with van der Waals surface area (Å²) in [6.07, 6.45) is 2.65. The molecule has 1 unspecified atom stereocenters. The second-order valence-corrected chi connectivity index (χ2v) is 5.56. The minimum atomic E-state index is 0.0929. The molecule has 100 valence electrons. The number of pyridine rings is 1. The first kappa shape index (κ1) is 13.5. The summed E-state index contributed by atoms with van der Waals surface area (Å²) >= 11 is 0. The summed E-state index contributed by atoms with van der Waals surface area (Å²) in [5.74, 6) is 0. The zero-order chi connectivity index (χ0) is 13.0. The molecule has 1 aromatic rings. The first-order chi connectivity index (χ1) is 8.63. The van der Waals surface area contributed by atoms with Crippen molar-refractivity contribution in [1.82, 2.24) is 15.2 Å². The van der Waals surface area contributed by atoms with Gasteiger partial charge in [-0.25, -0.2) is 0 Å². The molecule has 0 bridgehead atoms. The number of hydrogen-bond donors (Lipinski definition) is 2. The van der Waals surface area contributed by atoms with Crippen molar-refractivity contribution in [3.05, 3.63) is 30.1 Å². The Morgan fingerprint density at radius 3 is 3.00 bits per heavy atom. The van der Waals surface area contributed by atoms with E-state index in [1.54, 1.807) is 0 Å². The summed E-state index contributed by atoms with van der Waals surface area (Å²) in [5.41, 5.74) is 1.19. The number of hydrogen-bond acceptors (Lipinski definition) is 4. The number of aliphatic hydroxyl groups is 1. The van der Waals surface area contributed by atoms with E-state index in [2.05, 4.69) is 35.1 Å². The lowest BCUT2D eigenvalue weighted by Gasteiger charge is -2.48. The van der Waals surface area contributed by atoms with Crippen molar-refractivity contribution >= 4 is 0 Å². The molecule has 2 N–H and O–H groups in total. The first-order valence-electron chi connectivity index (χ1n) is 6.62. The Kier molecular flexibility index (Phi) is 4.32. The predicted molar refractivity (Wildman–Crippen MR) is 72.2 cm³/mol. The second kappa shape index (κ2) is 5.78.